The molecule has 17 heavy (non-hydrogen) atoms. The summed E-state index contributed by atoms with van der Waals surface area (Å²) >= 11 is 0. The van der Waals surface area contributed by atoms with Crippen molar-refractivity contribution in [2.45, 2.75) is 38.7 Å². The molecular weight excluding hydrogens is 212 g/mol. The second-order valence-electron chi connectivity index (χ2n) is 5.02. The average Bonchev–Trinajstić information content (AvgIpc) is 2.24. The maximum atomic E-state index is 12.1. The summed E-state index contributed by atoms with van der Waals surface area (Å²) in [5.74, 6) is -0.448. The molecule has 92 valence electrons. The summed E-state index contributed by atoms with van der Waals surface area (Å²) in [5, 5.41) is 0. The van der Waals surface area contributed by atoms with Gasteiger partial charge in [0.15, 0.2) is 0 Å². The van der Waals surface area contributed by atoms with Gasteiger partial charge in [0, 0.05) is 0 Å². The predicted octanol–water partition coefficient (Wildman–Crippen LogP) is 3.69. The van der Waals surface area contributed by atoms with Crippen LogP contribution in [-0.4, -0.2) is 11.6 Å². The molecule has 0 spiro atoms. The summed E-state index contributed by atoms with van der Waals surface area (Å²) in [5.41, 5.74) is 0.521. The van der Waals surface area contributed by atoms with E-state index in [1.54, 1.807) is 6.08 Å². The van der Waals surface area contributed by atoms with Crippen LogP contribution >= 0.6 is 0 Å². The van der Waals surface area contributed by atoms with Gasteiger partial charge in [0.05, 0.1) is 5.92 Å². The Labute approximate surface area is 103 Å². The van der Waals surface area contributed by atoms with Crippen molar-refractivity contribution < 1.29 is 9.53 Å². The molecule has 1 rings (SSSR count). The van der Waals surface area contributed by atoms with E-state index >= 15 is 0 Å². The number of carbonyl (C=O) groups is 1. The molecule has 2 nitrogen and oxygen atoms in total. The Hall–Kier alpha value is -1.57. The second kappa shape index (κ2) is 5.67. The van der Waals surface area contributed by atoms with E-state index < -0.39 is 5.60 Å². The smallest absolute Gasteiger partial charge is 0.314 e. The zero-order chi connectivity index (χ0) is 12.9. The second-order valence-corrected chi connectivity index (χ2v) is 5.02. The Morgan fingerprint density at radius 1 is 1.35 bits per heavy atom. The highest BCUT2D eigenvalue weighted by molar-refractivity contribution is 5.78. The summed E-state index contributed by atoms with van der Waals surface area (Å²) in [6.07, 6.45) is 2.35. The molecule has 2 heteroatoms. The highest BCUT2D eigenvalue weighted by atomic mass is 16.6. The van der Waals surface area contributed by atoms with Crippen LogP contribution in [0.5, 0.6) is 0 Å². The van der Waals surface area contributed by atoms with Gasteiger partial charge >= 0.3 is 5.97 Å². The zero-order valence-electron chi connectivity index (χ0n) is 10.8. The van der Waals surface area contributed by atoms with Crippen molar-refractivity contribution in [3.05, 3.63) is 48.6 Å². The van der Waals surface area contributed by atoms with E-state index in [4.69, 9.17) is 4.74 Å². The molecule has 1 atom stereocenters. The van der Waals surface area contributed by atoms with E-state index in [-0.39, 0.29) is 11.9 Å². The van der Waals surface area contributed by atoms with E-state index in [9.17, 15) is 4.79 Å². The molecule has 0 aromatic heterocycles. The molecule has 0 bridgehead atoms. The molecule has 0 amide bonds. The van der Waals surface area contributed by atoms with Crippen LogP contribution in [0.1, 0.15) is 38.7 Å². The van der Waals surface area contributed by atoms with Gasteiger partial charge in [0.25, 0.3) is 0 Å². The number of hydrogen-bond acceptors (Lipinski definition) is 2. The fourth-order valence-electron chi connectivity index (χ4n) is 1.59. The minimum atomic E-state index is -0.453. The van der Waals surface area contributed by atoms with Crippen LogP contribution in [0.15, 0.2) is 43.0 Å². The minimum absolute atomic E-state index is 0.191. The van der Waals surface area contributed by atoms with Gasteiger partial charge in [0.2, 0.25) is 0 Å². The molecule has 1 aromatic rings. The minimum Gasteiger partial charge on any atom is -0.459 e. The highest BCUT2D eigenvalue weighted by Gasteiger charge is 2.25. The number of ether oxygens (including phenoxy) is 1. The summed E-state index contributed by atoms with van der Waals surface area (Å²) < 4.78 is 5.42. The first-order valence-electron chi connectivity index (χ1n) is 5.83. The number of rotatable bonds is 4. The van der Waals surface area contributed by atoms with Crippen molar-refractivity contribution in [3.8, 4) is 0 Å². The van der Waals surface area contributed by atoms with Crippen LogP contribution in [0.25, 0.3) is 0 Å². The van der Waals surface area contributed by atoms with Gasteiger partial charge in [-0.3, -0.25) is 4.79 Å². The molecule has 0 fully saturated rings. The SMILES string of the molecule is C=CCC(C(=O)OC(C)(C)C)c1ccccc1. The van der Waals surface area contributed by atoms with Gasteiger partial charge in [-0.1, -0.05) is 36.4 Å². The van der Waals surface area contributed by atoms with Crippen LogP contribution in [0.2, 0.25) is 0 Å². The van der Waals surface area contributed by atoms with Crippen molar-refractivity contribution >= 4 is 5.97 Å². The summed E-state index contributed by atoms with van der Waals surface area (Å²) in [6, 6.07) is 9.67. The molecule has 0 saturated carbocycles. The van der Waals surface area contributed by atoms with Crippen molar-refractivity contribution in [1.29, 1.82) is 0 Å². The lowest BCUT2D eigenvalue weighted by Gasteiger charge is -2.23. The van der Waals surface area contributed by atoms with Gasteiger partial charge < -0.3 is 4.74 Å². The summed E-state index contributed by atoms with van der Waals surface area (Å²) in [6.45, 7) is 9.32. The van der Waals surface area contributed by atoms with Gasteiger partial charge in [-0.2, -0.15) is 0 Å². The third kappa shape index (κ3) is 4.43. The molecular formula is C15H20O2. The van der Waals surface area contributed by atoms with Gasteiger partial charge in [0.1, 0.15) is 5.60 Å². The highest BCUT2D eigenvalue weighted by Crippen LogP contribution is 2.24. The van der Waals surface area contributed by atoms with Crippen LogP contribution in [-0.2, 0) is 9.53 Å². The summed E-state index contributed by atoms with van der Waals surface area (Å²) in [7, 11) is 0. The van der Waals surface area contributed by atoms with Crippen LogP contribution < -0.4 is 0 Å². The molecule has 0 N–H and O–H groups in total. The zero-order valence-corrected chi connectivity index (χ0v) is 10.8. The first-order chi connectivity index (χ1) is 7.94. The van der Waals surface area contributed by atoms with Gasteiger partial charge in [-0.05, 0) is 32.8 Å². The van der Waals surface area contributed by atoms with E-state index in [2.05, 4.69) is 6.58 Å². The number of allylic oxidation sites excluding steroid dienone is 1. The first-order valence-corrected chi connectivity index (χ1v) is 5.83. The number of benzene rings is 1. The molecule has 0 radical (unpaired) electrons. The van der Waals surface area contributed by atoms with Crippen molar-refractivity contribution in [3.63, 3.8) is 0 Å². The Morgan fingerprint density at radius 3 is 2.41 bits per heavy atom. The van der Waals surface area contributed by atoms with E-state index in [1.807, 2.05) is 51.1 Å². The van der Waals surface area contributed by atoms with Crippen LogP contribution in [0.4, 0.5) is 0 Å². The van der Waals surface area contributed by atoms with E-state index in [0.29, 0.717) is 6.42 Å². The quantitative estimate of drug-likeness (QED) is 0.584. The molecule has 0 aliphatic rings. The fraction of sp³-hybridized carbons (Fsp3) is 0.400. The Morgan fingerprint density at radius 2 is 1.94 bits per heavy atom. The molecule has 0 aliphatic heterocycles. The molecule has 0 saturated heterocycles. The van der Waals surface area contributed by atoms with Gasteiger partial charge in [-0.25, -0.2) is 0 Å². The number of hydrogen-bond donors (Lipinski definition) is 0. The van der Waals surface area contributed by atoms with Crippen molar-refractivity contribution in [2.75, 3.05) is 0 Å². The summed E-state index contributed by atoms with van der Waals surface area (Å²) in [4.78, 5) is 12.1. The average molecular weight is 232 g/mol. The van der Waals surface area contributed by atoms with Crippen molar-refractivity contribution in [2.24, 2.45) is 0 Å². The monoisotopic (exact) mass is 232 g/mol. The topological polar surface area (TPSA) is 26.3 Å². The molecule has 0 heterocycles. The normalized spacial score (nSPS) is 12.9. The molecule has 1 aromatic carbocycles. The predicted molar refractivity (Wildman–Crippen MR) is 69.8 cm³/mol. The fourth-order valence-corrected chi connectivity index (χ4v) is 1.59. The van der Waals surface area contributed by atoms with Crippen LogP contribution in [0, 0.1) is 0 Å². The number of esters is 1. The third-order valence-corrected chi connectivity index (χ3v) is 2.30. The van der Waals surface area contributed by atoms with Crippen LogP contribution in [0.3, 0.4) is 0 Å². The Bertz CT molecular complexity index is 374. The van der Waals surface area contributed by atoms with Gasteiger partial charge in [-0.15, -0.1) is 6.58 Å². The lowest BCUT2D eigenvalue weighted by molar-refractivity contribution is -0.156. The van der Waals surface area contributed by atoms with E-state index in [1.165, 1.54) is 0 Å². The Kier molecular flexibility index (Phi) is 4.50. The maximum absolute atomic E-state index is 12.1. The largest absolute Gasteiger partial charge is 0.459 e. The molecule has 0 aliphatic carbocycles. The maximum Gasteiger partial charge on any atom is 0.314 e. The Balaban J connectivity index is 2.87. The first kappa shape index (κ1) is 13.5. The molecule has 1 unspecified atom stereocenters. The number of carbonyl (C=O) groups excluding carboxylic acids is 1. The van der Waals surface area contributed by atoms with Crippen molar-refractivity contribution in [1.82, 2.24) is 0 Å². The lowest BCUT2D eigenvalue weighted by Crippen LogP contribution is -2.27. The lowest BCUT2D eigenvalue weighted by atomic mass is 9.95. The standard InChI is InChI=1S/C15H20O2/c1-5-9-13(12-10-7-6-8-11-12)14(16)17-15(2,3)4/h5-8,10-11,13H,1,9H2,2-4H3. The van der Waals surface area contributed by atoms with E-state index in [0.717, 1.165) is 5.56 Å². The third-order valence-electron chi connectivity index (χ3n) is 2.30.